The molecule has 2 aromatic rings. The van der Waals surface area contributed by atoms with Crippen molar-refractivity contribution in [1.29, 1.82) is 0 Å². The summed E-state index contributed by atoms with van der Waals surface area (Å²) in [6.45, 7) is 6.62. The average Bonchev–Trinajstić information content (AvgIpc) is 2.77. The summed E-state index contributed by atoms with van der Waals surface area (Å²) in [5.74, 6) is 0.143. The molecule has 2 rings (SSSR count). The largest absolute Gasteiger partial charge is 0.493 e. The van der Waals surface area contributed by atoms with Crippen LogP contribution in [0.25, 0.3) is 0 Å². The number of ether oxygens (including phenoxy) is 1. The zero-order chi connectivity index (χ0) is 23.5. The second-order valence-electron chi connectivity index (χ2n) is 7.47. The first kappa shape index (κ1) is 24.8. The first-order valence-corrected chi connectivity index (χ1v) is 10.7. The molecule has 0 aliphatic rings. The second kappa shape index (κ2) is 12.4. The molecular formula is C23H28N4O4S. The summed E-state index contributed by atoms with van der Waals surface area (Å²) in [6.07, 6.45) is 1.19. The summed E-state index contributed by atoms with van der Waals surface area (Å²) in [6, 6.07) is 13.1. The van der Waals surface area contributed by atoms with Gasteiger partial charge in [-0.15, -0.1) is 0 Å². The molecule has 2 aromatic carbocycles. The highest BCUT2D eigenvalue weighted by atomic mass is 32.1. The number of hydrazine groups is 1. The van der Waals surface area contributed by atoms with Crippen LogP contribution in [0.3, 0.4) is 0 Å². The van der Waals surface area contributed by atoms with E-state index in [-0.39, 0.29) is 11.0 Å². The highest BCUT2D eigenvalue weighted by Crippen LogP contribution is 2.13. The zero-order valence-electron chi connectivity index (χ0n) is 18.4. The standard InChI is InChI=1S/C23H28N4O4S/c1-4-5-20(28)24-18-10-6-17(7-11-18)22(30)26-27-23(32)25-21(29)16-8-12-19(13-9-16)31-14-15(2)3/h6-13,15H,4-5,14H2,1-3H3,(H,24,28)(H,26,30)(H2,25,27,29,32). The molecule has 3 amide bonds. The number of hydrogen-bond donors (Lipinski definition) is 4. The van der Waals surface area contributed by atoms with Crippen molar-refractivity contribution in [2.45, 2.75) is 33.6 Å². The average molecular weight is 457 g/mol. The van der Waals surface area contributed by atoms with Gasteiger partial charge in [-0.3, -0.25) is 30.6 Å². The fourth-order valence-corrected chi connectivity index (χ4v) is 2.66. The summed E-state index contributed by atoms with van der Waals surface area (Å²) in [4.78, 5) is 36.1. The second-order valence-corrected chi connectivity index (χ2v) is 7.88. The number of hydrogen-bond acceptors (Lipinski definition) is 5. The Morgan fingerprint density at radius 3 is 2.09 bits per heavy atom. The number of amides is 3. The van der Waals surface area contributed by atoms with Crippen molar-refractivity contribution in [1.82, 2.24) is 16.2 Å². The number of carbonyl (C=O) groups is 3. The smallest absolute Gasteiger partial charge is 0.269 e. The van der Waals surface area contributed by atoms with Crippen molar-refractivity contribution < 1.29 is 19.1 Å². The van der Waals surface area contributed by atoms with E-state index in [0.717, 1.165) is 6.42 Å². The quantitative estimate of drug-likeness (QED) is 0.358. The normalized spacial score (nSPS) is 10.2. The Hall–Kier alpha value is -3.46. The Kier molecular flexibility index (Phi) is 9.62. The SMILES string of the molecule is CCCC(=O)Nc1ccc(C(=O)NNC(=S)NC(=O)c2ccc(OCC(C)C)cc2)cc1. The van der Waals surface area contributed by atoms with Crippen LogP contribution in [0.2, 0.25) is 0 Å². The lowest BCUT2D eigenvalue weighted by molar-refractivity contribution is -0.116. The van der Waals surface area contributed by atoms with Gasteiger partial charge in [-0.1, -0.05) is 20.8 Å². The predicted octanol–water partition coefficient (Wildman–Crippen LogP) is 3.41. The molecule has 0 aromatic heterocycles. The lowest BCUT2D eigenvalue weighted by Crippen LogP contribution is -2.48. The summed E-state index contributed by atoms with van der Waals surface area (Å²) in [5, 5.41) is 5.19. The van der Waals surface area contributed by atoms with E-state index in [9.17, 15) is 14.4 Å². The van der Waals surface area contributed by atoms with Crippen LogP contribution in [0.4, 0.5) is 5.69 Å². The van der Waals surface area contributed by atoms with Crippen LogP contribution < -0.4 is 26.2 Å². The van der Waals surface area contributed by atoms with Crippen LogP contribution in [-0.2, 0) is 4.79 Å². The Labute approximate surface area is 193 Å². The number of thiocarbonyl (C=S) groups is 1. The van der Waals surface area contributed by atoms with Gasteiger partial charge in [0.15, 0.2) is 5.11 Å². The van der Waals surface area contributed by atoms with E-state index in [1.54, 1.807) is 48.5 Å². The van der Waals surface area contributed by atoms with E-state index in [1.807, 2.05) is 6.92 Å². The molecule has 4 N–H and O–H groups in total. The van der Waals surface area contributed by atoms with Gasteiger partial charge < -0.3 is 10.1 Å². The van der Waals surface area contributed by atoms with Gasteiger partial charge in [0.2, 0.25) is 5.91 Å². The van der Waals surface area contributed by atoms with Gasteiger partial charge in [-0.05, 0) is 73.1 Å². The molecule has 0 radical (unpaired) electrons. The molecular weight excluding hydrogens is 428 g/mol. The molecule has 170 valence electrons. The maximum absolute atomic E-state index is 12.3. The van der Waals surface area contributed by atoms with Gasteiger partial charge in [0.25, 0.3) is 11.8 Å². The molecule has 8 nitrogen and oxygen atoms in total. The molecule has 0 heterocycles. The number of nitrogens with one attached hydrogen (secondary N) is 4. The first-order chi connectivity index (χ1) is 15.3. The van der Waals surface area contributed by atoms with E-state index >= 15 is 0 Å². The van der Waals surface area contributed by atoms with Gasteiger partial charge >= 0.3 is 0 Å². The third-order valence-electron chi connectivity index (χ3n) is 4.12. The van der Waals surface area contributed by atoms with E-state index < -0.39 is 11.8 Å². The number of rotatable bonds is 8. The molecule has 0 spiro atoms. The van der Waals surface area contributed by atoms with Crippen LogP contribution in [-0.4, -0.2) is 29.4 Å². The van der Waals surface area contributed by atoms with Crippen LogP contribution in [0.1, 0.15) is 54.3 Å². The highest BCUT2D eigenvalue weighted by Gasteiger charge is 2.10. The van der Waals surface area contributed by atoms with Crippen molar-refractivity contribution >= 4 is 40.7 Å². The van der Waals surface area contributed by atoms with Crippen molar-refractivity contribution in [2.75, 3.05) is 11.9 Å². The van der Waals surface area contributed by atoms with Crippen LogP contribution >= 0.6 is 12.2 Å². The van der Waals surface area contributed by atoms with Crippen molar-refractivity contribution in [3.8, 4) is 5.75 Å². The maximum atomic E-state index is 12.3. The fourth-order valence-electron chi connectivity index (χ4n) is 2.51. The maximum Gasteiger partial charge on any atom is 0.269 e. The topological polar surface area (TPSA) is 109 Å². The van der Waals surface area contributed by atoms with Crippen LogP contribution in [0, 0.1) is 5.92 Å². The van der Waals surface area contributed by atoms with Gasteiger partial charge in [-0.2, -0.15) is 0 Å². The zero-order valence-corrected chi connectivity index (χ0v) is 19.2. The van der Waals surface area contributed by atoms with Gasteiger partial charge in [0, 0.05) is 23.2 Å². The summed E-state index contributed by atoms with van der Waals surface area (Å²) in [7, 11) is 0. The van der Waals surface area contributed by atoms with E-state index in [1.165, 1.54) is 0 Å². The molecule has 32 heavy (non-hydrogen) atoms. The highest BCUT2D eigenvalue weighted by molar-refractivity contribution is 7.80. The van der Waals surface area contributed by atoms with Crippen molar-refractivity contribution in [3.63, 3.8) is 0 Å². The molecule has 0 fully saturated rings. The van der Waals surface area contributed by atoms with E-state index in [2.05, 4.69) is 35.3 Å². The molecule has 0 aliphatic carbocycles. The Balaban J connectivity index is 1.80. The molecule has 0 bridgehead atoms. The molecule has 0 unspecified atom stereocenters. The summed E-state index contributed by atoms with van der Waals surface area (Å²) in [5.41, 5.74) is 6.28. The number of anilines is 1. The van der Waals surface area contributed by atoms with Crippen molar-refractivity contribution in [2.24, 2.45) is 5.92 Å². The minimum atomic E-state index is -0.445. The molecule has 9 heteroatoms. The Bertz CT molecular complexity index is 943. The number of benzene rings is 2. The fraction of sp³-hybridized carbons (Fsp3) is 0.304. The predicted molar refractivity (Wildman–Crippen MR) is 127 cm³/mol. The molecule has 0 saturated carbocycles. The van der Waals surface area contributed by atoms with E-state index in [4.69, 9.17) is 17.0 Å². The van der Waals surface area contributed by atoms with E-state index in [0.29, 0.717) is 41.5 Å². The lowest BCUT2D eigenvalue weighted by Gasteiger charge is -2.12. The molecule has 0 atom stereocenters. The third-order valence-corrected chi connectivity index (χ3v) is 4.33. The summed E-state index contributed by atoms with van der Waals surface area (Å²) < 4.78 is 5.59. The van der Waals surface area contributed by atoms with Crippen LogP contribution in [0.5, 0.6) is 5.75 Å². The molecule has 0 aliphatic heterocycles. The molecule has 0 saturated heterocycles. The van der Waals surface area contributed by atoms with Crippen molar-refractivity contribution in [3.05, 3.63) is 59.7 Å². The van der Waals surface area contributed by atoms with Gasteiger partial charge in [-0.25, -0.2) is 0 Å². The van der Waals surface area contributed by atoms with Gasteiger partial charge in [0.1, 0.15) is 5.75 Å². The minimum absolute atomic E-state index is 0.0491. The third kappa shape index (κ3) is 8.35. The Morgan fingerprint density at radius 2 is 1.50 bits per heavy atom. The Morgan fingerprint density at radius 1 is 0.906 bits per heavy atom. The summed E-state index contributed by atoms with van der Waals surface area (Å²) >= 11 is 5.06. The first-order valence-electron chi connectivity index (χ1n) is 10.3. The number of carbonyl (C=O) groups excluding carboxylic acids is 3. The lowest BCUT2D eigenvalue weighted by atomic mass is 10.2. The minimum Gasteiger partial charge on any atom is -0.493 e. The van der Waals surface area contributed by atoms with Gasteiger partial charge in [0.05, 0.1) is 6.61 Å². The monoisotopic (exact) mass is 456 g/mol. The van der Waals surface area contributed by atoms with Crippen LogP contribution in [0.15, 0.2) is 48.5 Å².